The van der Waals surface area contributed by atoms with Gasteiger partial charge in [-0.25, -0.2) is 4.98 Å². The SMILES string of the molecule is Nc1ccc2c(c1)ncn2CCCC1CC1. The molecule has 16 heavy (non-hydrogen) atoms. The van der Waals surface area contributed by atoms with Crippen LogP contribution in [-0.2, 0) is 6.54 Å². The van der Waals surface area contributed by atoms with Crippen molar-refractivity contribution in [1.82, 2.24) is 9.55 Å². The quantitative estimate of drug-likeness (QED) is 0.797. The molecule has 0 spiro atoms. The van der Waals surface area contributed by atoms with Gasteiger partial charge < -0.3 is 10.3 Å². The van der Waals surface area contributed by atoms with E-state index in [4.69, 9.17) is 5.73 Å². The Hall–Kier alpha value is -1.51. The molecule has 0 amide bonds. The first-order valence-corrected chi connectivity index (χ1v) is 6.03. The zero-order valence-corrected chi connectivity index (χ0v) is 9.39. The van der Waals surface area contributed by atoms with Crippen molar-refractivity contribution in [2.75, 3.05) is 5.73 Å². The lowest BCUT2D eigenvalue weighted by Crippen LogP contribution is -1.96. The van der Waals surface area contributed by atoms with Crippen LogP contribution >= 0.6 is 0 Å². The van der Waals surface area contributed by atoms with Gasteiger partial charge in [0.2, 0.25) is 0 Å². The second-order valence-corrected chi connectivity index (χ2v) is 4.77. The summed E-state index contributed by atoms with van der Waals surface area (Å²) in [6.07, 6.45) is 7.45. The van der Waals surface area contributed by atoms with Gasteiger partial charge in [0.05, 0.1) is 17.4 Å². The number of nitrogens with zero attached hydrogens (tertiary/aromatic N) is 2. The molecule has 0 aliphatic heterocycles. The molecule has 1 aromatic heterocycles. The smallest absolute Gasteiger partial charge is 0.0958 e. The third-order valence-corrected chi connectivity index (χ3v) is 3.35. The molecule has 84 valence electrons. The van der Waals surface area contributed by atoms with E-state index in [0.717, 1.165) is 23.7 Å². The van der Waals surface area contributed by atoms with Crippen LogP contribution in [0.2, 0.25) is 0 Å². The van der Waals surface area contributed by atoms with E-state index in [-0.39, 0.29) is 0 Å². The highest BCUT2D eigenvalue weighted by molar-refractivity contribution is 5.78. The Labute approximate surface area is 95.3 Å². The summed E-state index contributed by atoms with van der Waals surface area (Å²) in [5.41, 5.74) is 8.72. The molecule has 3 heteroatoms. The van der Waals surface area contributed by atoms with Crippen molar-refractivity contribution in [1.29, 1.82) is 0 Å². The molecule has 1 aliphatic carbocycles. The zero-order valence-electron chi connectivity index (χ0n) is 9.39. The van der Waals surface area contributed by atoms with Gasteiger partial charge in [0.15, 0.2) is 0 Å². The summed E-state index contributed by atoms with van der Waals surface area (Å²) in [6.45, 7) is 1.08. The Balaban J connectivity index is 1.75. The Kier molecular flexibility index (Phi) is 2.31. The molecular weight excluding hydrogens is 198 g/mol. The molecule has 0 unspecified atom stereocenters. The molecule has 1 fully saturated rings. The van der Waals surface area contributed by atoms with Crippen LogP contribution in [0.15, 0.2) is 24.5 Å². The second-order valence-electron chi connectivity index (χ2n) is 4.77. The molecule has 0 atom stereocenters. The summed E-state index contributed by atoms with van der Waals surface area (Å²) in [6, 6.07) is 5.95. The van der Waals surface area contributed by atoms with Crippen molar-refractivity contribution in [3.8, 4) is 0 Å². The Morgan fingerprint density at radius 2 is 2.25 bits per heavy atom. The van der Waals surface area contributed by atoms with Gasteiger partial charge in [-0.15, -0.1) is 0 Å². The largest absolute Gasteiger partial charge is 0.399 e. The van der Waals surface area contributed by atoms with Gasteiger partial charge in [0.25, 0.3) is 0 Å². The van der Waals surface area contributed by atoms with Crippen LogP contribution in [0.4, 0.5) is 5.69 Å². The number of nitrogens with two attached hydrogens (primary N) is 1. The molecule has 0 saturated heterocycles. The van der Waals surface area contributed by atoms with E-state index >= 15 is 0 Å². The number of fused-ring (bicyclic) bond motifs is 1. The summed E-state index contributed by atoms with van der Waals surface area (Å²) in [7, 11) is 0. The van der Waals surface area contributed by atoms with Crippen molar-refractivity contribution >= 4 is 16.7 Å². The van der Waals surface area contributed by atoms with E-state index in [1.165, 1.54) is 31.2 Å². The van der Waals surface area contributed by atoms with Crippen molar-refractivity contribution in [3.05, 3.63) is 24.5 Å². The lowest BCUT2D eigenvalue weighted by Gasteiger charge is -2.03. The van der Waals surface area contributed by atoms with Gasteiger partial charge in [-0.1, -0.05) is 12.8 Å². The molecular formula is C13H17N3. The first-order chi connectivity index (χ1) is 7.83. The normalized spacial score (nSPS) is 15.8. The summed E-state index contributed by atoms with van der Waals surface area (Å²) in [5, 5.41) is 0. The fourth-order valence-electron chi connectivity index (χ4n) is 2.22. The number of imidazole rings is 1. The van der Waals surface area contributed by atoms with Crippen molar-refractivity contribution < 1.29 is 0 Å². The third-order valence-electron chi connectivity index (χ3n) is 3.35. The zero-order chi connectivity index (χ0) is 11.0. The Morgan fingerprint density at radius 3 is 3.06 bits per heavy atom. The van der Waals surface area contributed by atoms with Crippen molar-refractivity contribution in [2.45, 2.75) is 32.2 Å². The standard InChI is InChI=1S/C13H17N3/c14-11-5-6-13-12(8-11)15-9-16(13)7-1-2-10-3-4-10/h5-6,8-10H,1-4,7,14H2. The average Bonchev–Trinajstić information content (AvgIpc) is 3.00. The van der Waals surface area contributed by atoms with Crippen molar-refractivity contribution in [3.63, 3.8) is 0 Å². The molecule has 1 heterocycles. The van der Waals surface area contributed by atoms with Crippen LogP contribution in [0.25, 0.3) is 11.0 Å². The predicted molar refractivity (Wildman–Crippen MR) is 66.1 cm³/mol. The third kappa shape index (κ3) is 1.90. The number of hydrogen-bond donors (Lipinski definition) is 1. The van der Waals surface area contributed by atoms with Gasteiger partial charge in [-0.05, 0) is 37.0 Å². The number of aromatic nitrogens is 2. The minimum atomic E-state index is 0.788. The minimum absolute atomic E-state index is 0.788. The average molecular weight is 215 g/mol. The Bertz CT molecular complexity index is 497. The highest BCUT2D eigenvalue weighted by Gasteiger charge is 2.20. The summed E-state index contributed by atoms with van der Waals surface area (Å²) in [4.78, 5) is 4.38. The summed E-state index contributed by atoms with van der Waals surface area (Å²) in [5.74, 6) is 1.02. The first-order valence-electron chi connectivity index (χ1n) is 6.03. The van der Waals surface area contributed by atoms with Gasteiger partial charge in [-0.2, -0.15) is 0 Å². The Morgan fingerprint density at radius 1 is 1.38 bits per heavy atom. The van der Waals surface area contributed by atoms with E-state index in [1.807, 2.05) is 18.5 Å². The van der Waals surface area contributed by atoms with Crippen LogP contribution in [0, 0.1) is 5.92 Å². The van der Waals surface area contributed by atoms with E-state index in [9.17, 15) is 0 Å². The van der Waals surface area contributed by atoms with Crippen molar-refractivity contribution in [2.24, 2.45) is 5.92 Å². The van der Waals surface area contributed by atoms with Gasteiger partial charge in [0, 0.05) is 12.2 Å². The van der Waals surface area contributed by atoms with E-state index in [1.54, 1.807) is 0 Å². The monoisotopic (exact) mass is 215 g/mol. The topological polar surface area (TPSA) is 43.8 Å². The molecule has 2 N–H and O–H groups in total. The maximum absolute atomic E-state index is 5.73. The maximum atomic E-state index is 5.73. The highest BCUT2D eigenvalue weighted by Crippen LogP contribution is 2.33. The molecule has 1 aromatic carbocycles. The van der Waals surface area contributed by atoms with Crippen LogP contribution in [0.5, 0.6) is 0 Å². The van der Waals surface area contributed by atoms with E-state index in [2.05, 4.69) is 15.6 Å². The number of benzene rings is 1. The van der Waals surface area contributed by atoms with Crippen LogP contribution in [-0.4, -0.2) is 9.55 Å². The molecule has 3 nitrogen and oxygen atoms in total. The highest BCUT2D eigenvalue weighted by atomic mass is 15.0. The van der Waals surface area contributed by atoms with Gasteiger partial charge in [0.1, 0.15) is 0 Å². The number of rotatable bonds is 4. The number of nitrogen functional groups attached to an aromatic ring is 1. The van der Waals surface area contributed by atoms with E-state index < -0.39 is 0 Å². The van der Waals surface area contributed by atoms with Gasteiger partial charge >= 0.3 is 0 Å². The van der Waals surface area contributed by atoms with E-state index in [0.29, 0.717) is 0 Å². The van der Waals surface area contributed by atoms with Crippen LogP contribution in [0.1, 0.15) is 25.7 Å². The predicted octanol–water partition coefficient (Wildman–Crippen LogP) is 2.81. The molecule has 2 aromatic rings. The second kappa shape index (κ2) is 3.81. The maximum Gasteiger partial charge on any atom is 0.0958 e. The number of anilines is 1. The summed E-state index contributed by atoms with van der Waals surface area (Å²) < 4.78 is 2.23. The number of aryl methyl sites for hydroxylation is 1. The van der Waals surface area contributed by atoms with Gasteiger partial charge in [-0.3, -0.25) is 0 Å². The molecule has 0 radical (unpaired) electrons. The minimum Gasteiger partial charge on any atom is -0.399 e. The lowest BCUT2D eigenvalue weighted by molar-refractivity contribution is 0.586. The molecule has 3 rings (SSSR count). The first kappa shape index (κ1) is 9.70. The van der Waals surface area contributed by atoms with Crippen LogP contribution < -0.4 is 5.73 Å². The van der Waals surface area contributed by atoms with Crippen LogP contribution in [0.3, 0.4) is 0 Å². The fraction of sp³-hybridized carbons (Fsp3) is 0.462. The summed E-state index contributed by atoms with van der Waals surface area (Å²) >= 11 is 0. The molecule has 1 aliphatic rings. The molecule has 1 saturated carbocycles. The fourth-order valence-corrected chi connectivity index (χ4v) is 2.22. The lowest BCUT2D eigenvalue weighted by atomic mass is 10.2. The number of hydrogen-bond acceptors (Lipinski definition) is 2. The molecule has 0 bridgehead atoms.